The van der Waals surface area contributed by atoms with Gasteiger partial charge in [0.25, 0.3) is 0 Å². The van der Waals surface area contributed by atoms with Crippen molar-refractivity contribution < 1.29 is 0 Å². The Balaban J connectivity index is 2.25. The second-order valence-corrected chi connectivity index (χ2v) is 7.64. The fourth-order valence-electron chi connectivity index (χ4n) is 4.05. The maximum Gasteiger partial charge on any atom is 0.165 e. The van der Waals surface area contributed by atoms with Crippen LogP contribution >= 0.6 is 0 Å². The molecule has 3 aromatic rings. The van der Waals surface area contributed by atoms with Gasteiger partial charge in [0.1, 0.15) is 5.82 Å². The van der Waals surface area contributed by atoms with E-state index in [0.717, 1.165) is 61.6 Å². The first-order chi connectivity index (χ1) is 13.5. The Bertz CT molecular complexity index is 949. The smallest absolute Gasteiger partial charge is 0.165 e. The Labute approximate surface area is 169 Å². The summed E-state index contributed by atoms with van der Waals surface area (Å²) in [5, 5.41) is 4.95. The van der Waals surface area contributed by atoms with Crippen LogP contribution in [0, 0.1) is 13.8 Å². The lowest BCUT2D eigenvalue weighted by Gasteiger charge is -2.24. The molecule has 0 aliphatic carbocycles. The minimum absolute atomic E-state index is 0.976. The van der Waals surface area contributed by atoms with Crippen molar-refractivity contribution in [1.82, 2.24) is 14.6 Å². The predicted octanol–water partition coefficient (Wildman–Crippen LogP) is 5.76. The zero-order valence-electron chi connectivity index (χ0n) is 18.3. The quantitative estimate of drug-likeness (QED) is 0.499. The van der Waals surface area contributed by atoms with Crippen LogP contribution in [-0.2, 0) is 12.8 Å². The normalized spacial score (nSPS) is 11.4. The lowest BCUT2D eigenvalue weighted by molar-refractivity contribution is 0.713. The molecule has 0 atom stereocenters. The fourth-order valence-corrected chi connectivity index (χ4v) is 4.05. The van der Waals surface area contributed by atoms with Gasteiger partial charge >= 0.3 is 0 Å². The molecule has 0 fully saturated rings. The third kappa shape index (κ3) is 3.78. The van der Waals surface area contributed by atoms with Gasteiger partial charge < -0.3 is 4.90 Å². The van der Waals surface area contributed by atoms with Gasteiger partial charge in [0.15, 0.2) is 5.65 Å². The molecule has 0 unspecified atom stereocenters. The Morgan fingerprint density at radius 2 is 1.64 bits per heavy atom. The van der Waals surface area contributed by atoms with Gasteiger partial charge in [-0.25, -0.2) is 4.98 Å². The number of rotatable bonds is 8. The number of nitrogens with zero attached hydrogens (tertiary/aromatic N) is 4. The van der Waals surface area contributed by atoms with E-state index in [1.807, 2.05) is 0 Å². The summed E-state index contributed by atoms with van der Waals surface area (Å²) in [6.07, 6.45) is 4.31. The monoisotopic (exact) mass is 378 g/mol. The first-order valence-electron chi connectivity index (χ1n) is 10.8. The third-order valence-corrected chi connectivity index (χ3v) is 5.41. The van der Waals surface area contributed by atoms with Crippen molar-refractivity contribution in [3.05, 3.63) is 46.8 Å². The molecule has 4 heteroatoms. The van der Waals surface area contributed by atoms with Gasteiger partial charge in [0, 0.05) is 30.4 Å². The van der Waals surface area contributed by atoms with Crippen LogP contribution in [0.3, 0.4) is 0 Å². The van der Waals surface area contributed by atoms with E-state index in [4.69, 9.17) is 10.1 Å². The molecule has 28 heavy (non-hydrogen) atoms. The van der Waals surface area contributed by atoms with E-state index >= 15 is 0 Å². The topological polar surface area (TPSA) is 33.4 Å². The molecule has 2 heterocycles. The van der Waals surface area contributed by atoms with E-state index in [2.05, 4.69) is 75.2 Å². The first-order valence-corrected chi connectivity index (χ1v) is 10.8. The van der Waals surface area contributed by atoms with Crippen LogP contribution in [0.4, 0.5) is 5.82 Å². The number of aromatic nitrogens is 3. The first kappa shape index (κ1) is 20.4. The van der Waals surface area contributed by atoms with Crippen LogP contribution in [0.25, 0.3) is 16.8 Å². The molecule has 1 aromatic carbocycles. The van der Waals surface area contributed by atoms with Crippen molar-refractivity contribution in [2.75, 3.05) is 18.0 Å². The van der Waals surface area contributed by atoms with Crippen molar-refractivity contribution in [1.29, 1.82) is 0 Å². The molecule has 0 spiro atoms. The second-order valence-electron chi connectivity index (χ2n) is 7.64. The number of fused-ring (bicyclic) bond motifs is 1. The zero-order valence-corrected chi connectivity index (χ0v) is 18.3. The molecule has 150 valence electrons. The van der Waals surface area contributed by atoms with Crippen LogP contribution < -0.4 is 4.90 Å². The third-order valence-electron chi connectivity index (χ3n) is 5.41. The van der Waals surface area contributed by atoms with Gasteiger partial charge in [-0.1, -0.05) is 45.9 Å². The summed E-state index contributed by atoms with van der Waals surface area (Å²) in [5.41, 5.74) is 8.28. The highest BCUT2D eigenvalue weighted by atomic mass is 15.3. The van der Waals surface area contributed by atoms with Gasteiger partial charge in [-0.3, -0.25) is 0 Å². The predicted molar refractivity (Wildman–Crippen MR) is 119 cm³/mol. The largest absolute Gasteiger partial charge is 0.356 e. The van der Waals surface area contributed by atoms with Gasteiger partial charge in [0.05, 0.1) is 5.69 Å². The average molecular weight is 379 g/mol. The Kier molecular flexibility index (Phi) is 6.38. The molecule has 0 aliphatic rings. The molecule has 2 aromatic heterocycles. The molecule has 0 aliphatic heterocycles. The molecule has 4 nitrogen and oxygen atoms in total. The molecule has 0 N–H and O–H groups in total. The van der Waals surface area contributed by atoms with Crippen molar-refractivity contribution in [3.8, 4) is 11.1 Å². The van der Waals surface area contributed by atoms with E-state index in [1.165, 1.54) is 22.3 Å². The Hall–Kier alpha value is -2.36. The summed E-state index contributed by atoms with van der Waals surface area (Å²) in [6.45, 7) is 15.2. The van der Waals surface area contributed by atoms with Crippen LogP contribution in [0.1, 0.15) is 63.1 Å². The average Bonchev–Trinajstić information content (AvgIpc) is 3.02. The van der Waals surface area contributed by atoms with Crippen LogP contribution in [0.2, 0.25) is 0 Å². The second kappa shape index (κ2) is 8.76. The fraction of sp³-hybridized carbons (Fsp3) is 0.500. The Morgan fingerprint density at radius 1 is 0.929 bits per heavy atom. The van der Waals surface area contributed by atoms with E-state index in [-0.39, 0.29) is 0 Å². The van der Waals surface area contributed by atoms with Crippen LogP contribution in [-0.4, -0.2) is 27.7 Å². The molecule has 0 saturated carbocycles. The number of benzene rings is 1. The number of anilines is 1. The summed E-state index contributed by atoms with van der Waals surface area (Å²) in [5.74, 6) is 1.16. The molecule has 0 amide bonds. The summed E-state index contributed by atoms with van der Waals surface area (Å²) in [4.78, 5) is 7.37. The van der Waals surface area contributed by atoms with Gasteiger partial charge in [-0.2, -0.15) is 9.61 Å². The molecule has 0 radical (unpaired) electrons. The number of aryl methyl sites for hydroxylation is 4. The SMILES string of the molecule is CCCN(CCC)c1cc(C)nc2c(-c3ccc(CC)cc3CC)c(C)nn12. The lowest BCUT2D eigenvalue weighted by Crippen LogP contribution is -2.27. The van der Waals surface area contributed by atoms with E-state index in [1.54, 1.807) is 0 Å². The summed E-state index contributed by atoms with van der Waals surface area (Å²) in [7, 11) is 0. The number of hydrogen-bond acceptors (Lipinski definition) is 3. The van der Waals surface area contributed by atoms with Crippen molar-refractivity contribution in [2.45, 2.75) is 67.2 Å². The lowest BCUT2D eigenvalue weighted by atomic mass is 9.95. The summed E-state index contributed by atoms with van der Waals surface area (Å²) < 4.78 is 2.07. The Morgan fingerprint density at radius 3 is 2.25 bits per heavy atom. The molecular weight excluding hydrogens is 344 g/mol. The molecular formula is C24H34N4. The van der Waals surface area contributed by atoms with Crippen LogP contribution in [0.5, 0.6) is 0 Å². The molecule has 3 rings (SSSR count). The summed E-state index contributed by atoms with van der Waals surface area (Å²) >= 11 is 0. The molecule has 0 saturated heterocycles. The highest BCUT2D eigenvalue weighted by molar-refractivity contribution is 5.83. The van der Waals surface area contributed by atoms with Crippen molar-refractivity contribution in [2.24, 2.45) is 0 Å². The minimum atomic E-state index is 0.976. The number of hydrogen-bond donors (Lipinski definition) is 0. The minimum Gasteiger partial charge on any atom is -0.356 e. The van der Waals surface area contributed by atoms with E-state index in [0.29, 0.717) is 0 Å². The molecule has 0 bridgehead atoms. The van der Waals surface area contributed by atoms with Crippen LogP contribution in [0.15, 0.2) is 24.3 Å². The van der Waals surface area contributed by atoms with E-state index < -0.39 is 0 Å². The van der Waals surface area contributed by atoms with Gasteiger partial charge in [0.2, 0.25) is 0 Å². The highest BCUT2D eigenvalue weighted by Gasteiger charge is 2.20. The maximum atomic E-state index is 4.95. The van der Waals surface area contributed by atoms with E-state index in [9.17, 15) is 0 Å². The highest BCUT2D eigenvalue weighted by Crippen LogP contribution is 2.33. The summed E-state index contributed by atoms with van der Waals surface area (Å²) in [6, 6.07) is 9.03. The maximum absolute atomic E-state index is 4.95. The van der Waals surface area contributed by atoms with Crippen molar-refractivity contribution in [3.63, 3.8) is 0 Å². The van der Waals surface area contributed by atoms with Gasteiger partial charge in [-0.05, 0) is 56.2 Å². The standard InChI is InChI=1S/C24H34N4/c1-7-13-27(14-8-2)22-15-17(5)25-24-23(18(6)26-28(22)24)21-12-11-19(9-3)16-20(21)10-4/h11-12,15-16H,7-10,13-14H2,1-6H3. The van der Waals surface area contributed by atoms with Crippen molar-refractivity contribution >= 4 is 11.5 Å². The zero-order chi connectivity index (χ0) is 20.3. The van der Waals surface area contributed by atoms with Gasteiger partial charge in [-0.15, -0.1) is 0 Å².